The van der Waals surface area contributed by atoms with Crippen molar-refractivity contribution >= 4 is 11.6 Å². The highest BCUT2D eigenvalue weighted by atomic mass is 16.2. The zero-order valence-corrected chi connectivity index (χ0v) is 10.0. The van der Waals surface area contributed by atoms with Crippen molar-refractivity contribution in [2.45, 2.75) is 19.4 Å². The summed E-state index contributed by atoms with van der Waals surface area (Å²) < 4.78 is 0. The van der Waals surface area contributed by atoms with E-state index in [1.807, 2.05) is 24.0 Å². The first kappa shape index (κ1) is 11.9. The van der Waals surface area contributed by atoms with Crippen LogP contribution in [0.5, 0.6) is 0 Å². The maximum absolute atomic E-state index is 11.4. The molecule has 1 atom stereocenters. The quantitative estimate of drug-likeness (QED) is 0.778. The fraction of sp³-hybridized carbons (Fsp3) is 0.500. The summed E-state index contributed by atoms with van der Waals surface area (Å²) in [7, 11) is 0. The molecule has 92 valence electrons. The van der Waals surface area contributed by atoms with Crippen molar-refractivity contribution in [3.05, 3.63) is 24.0 Å². The van der Waals surface area contributed by atoms with Crippen molar-refractivity contribution in [3.8, 4) is 0 Å². The van der Waals surface area contributed by atoms with Crippen molar-refractivity contribution in [2.75, 3.05) is 24.5 Å². The number of carbonyl (C=O) groups excluding carboxylic acids is 1. The minimum Gasteiger partial charge on any atom is -0.361 e. The van der Waals surface area contributed by atoms with Crippen LogP contribution >= 0.6 is 0 Å². The summed E-state index contributed by atoms with van der Waals surface area (Å²) in [6, 6.07) is 3.84. The molecule has 1 aromatic heterocycles. The number of nitrogens with one attached hydrogen (secondary N) is 1. The Morgan fingerprint density at radius 3 is 3.00 bits per heavy atom. The molecule has 1 aromatic rings. The zero-order chi connectivity index (χ0) is 12.3. The average Bonchev–Trinajstić information content (AvgIpc) is 2.54. The van der Waals surface area contributed by atoms with Gasteiger partial charge >= 0.3 is 0 Å². The normalized spacial score (nSPS) is 18.5. The van der Waals surface area contributed by atoms with Crippen LogP contribution in [-0.4, -0.2) is 30.5 Å². The van der Waals surface area contributed by atoms with E-state index in [0.717, 1.165) is 30.9 Å². The molecule has 5 nitrogen and oxygen atoms in total. The minimum absolute atomic E-state index is 0.0588. The van der Waals surface area contributed by atoms with E-state index in [1.165, 1.54) is 0 Å². The standard InChI is InChI=1S/C12H18N4O/c1-9(13)11-4-3-10(7-15-11)16-6-2-5-14-12(17)8-16/h3-4,7,9H,2,5-6,8,13H2,1H3,(H,14,17)/t9-/m0/s1. The Kier molecular flexibility index (Phi) is 3.58. The van der Waals surface area contributed by atoms with Crippen LogP contribution in [0.2, 0.25) is 0 Å². The number of aromatic nitrogens is 1. The van der Waals surface area contributed by atoms with E-state index < -0.39 is 0 Å². The molecule has 0 radical (unpaired) electrons. The zero-order valence-electron chi connectivity index (χ0n) is 10.0. The third-order valence-electron chi connectivity index (χ3n) is 2.86. The van der Waals surface area contributed by atoms with Crippen LogP contribution in [0.15, 0.2) is 18.3 Å². The van der Waals surface area contributed by atoms with Gasteiger partial charge in [0, 0.05) is 19.1 Å². The molecule has 0 saturated carbocycles. The largest absolute Gasteiger partial charge is 0.361 e. The summed E-state index contributed by atoms with van der Waals surface area (Å²) in [6.07, 6.45) is 2.75. The first-order valence-electron chi connectivity index (χ1n) is 5.90. The second-order valence-electron chi connectivity index (χ2n) is 4.36. The van der Waals surface area contributed by atoms with E-state index in [4.69, 9.17) is 5.73 Å². The Balaban J connectivity index is 2.12. The number of rotatable bonds is 2. The minimum atomic E-state index is -0.0588. The van der Waals surface area contributed by atoms with Gasteiger partial charge in [0.05, 0.1) is 24.1 Å². The third-order valence-corrected chi connectivity index (χ3v) is 2.86. The third kappa shape index (κ3) is 2.94. The van der Waals surface area contributed by atoms with Crippen LogP contribution < -0.4 is 16.0 Å². The van der Waals surface area contributed by atoms with E-state index >= 15 is 0 Å². The molecule has 0 bridgehead atoms. The maximum atomic E-state index is 11.4. The van der Waals surface area contributed by atoms with Gasteiger partial charge in [0.1, 0.15) is 0 Å². The fourth-order valence-electron chi connectivity index (χ4n) is 1.88. The molecule has 0 unspecified atom stereocenters. The fourth-order valence-corrected chi connectivity index (χ4v) is 1.88. The molecule has 1 aliphatic rings. The molecule has 0 aliphatic carbocycles. The van der Waals surface area contributed by atoms with Gasteiger partial charge in [-0.1, -0.05) is 0 Å². The molecule has 3 N–H and O–H groups in total. The van der Waals surface area contributed by atoms with Crippen LogP contribution in [-0.2, 0) is 4.79 Å². The molecule has 1 fully saturated rings. The molecular weight excluding hydrogens is 216 g/mol. The van der Waals surface area contributed by atoms with Gasteiger partial charge in [-0.2, -0.15) is 0 Å². The lowest BCUT2D eigenvalue weighted by molar-refractivity contribution is -0.119. The monoisotopic (exact) mass is 234 g/mol. The smallest absolute Gasteiger partial charge is 0.239 e. The van der Waals surface area contributed by atoms with Crippen LogP contribution in [0.25, 0.3) is 0 Å². The number of anilines is 1. The lowest BCUT2D eigenvalue weighted by Crippen LogP contribution is -2.33. The van der Waals surface area contributed by atoms with Crippen LogP contribution in [0.3, 0.4) is 0 Å². The van der Waals surface area contributed by atoms with Gasteiger partial charge in [0.25, 0.3) is 0 Å². The Morgan fingerprint density at radius 1 is 1.53 bits per heavy atom. The van der Waals surface area contributed by atoms with Gasteiger partial charge in [0.2, 0.25) is 5.91 Å². The summed E-state index contributed by atoms with van der Waals surface area (Å²) >= 11 is 0. The Hall–Kier alpha value is -1.62. The predicted octanol–water partition coefficient (Wildman–Crippen LogP) is 0.428. The number of nitrogens with zero attached hydrogens (tertiary/aromatic N) is 2. The van der Waals surface area contributed by atoms with Gasteiger partial charge < -0.3 is 16.0 Å². The van der Waals surface area contributed by atoms with Crippen LogP contribution in [0, 0.1) is 0 Å². The van der Waals surface area contributed by atoms with Crippen molar-refractivity contribution in [1.29, 1.82) is 0 Å². The van der Waals surface area contributed by atoms with Gasteiger partial charge in [-0.15, -0.1) is 0 Å². The molecule has 1 saturated heterocycles. The first-order valence-corrected chi connectivity index (χ1v) is 5.90. The second-order valence-corrected chi connectivity index (χ2v) is 4.36. The molecule has 5 heteroatoms. The number of hydrogen-bond donors (Lipinski definition) is 2. The predicted molar refractivity (Wildman–Crippen MR) is 66.7 cm³/mol. The topological polar surface area (TPSA) is 71.2 Å². The van der Waals surface area contributed by atoms with E-state index in [0.29, 0.717) is 6.54 Å². The maximum Gasteiger partial charge on any atom is 0.239 e. The lowest BCUT2D eigenvalue weighted by atomic mass is 10.2. The summed E-state index contributed by atoms with van der Waals surface area (Å²) in [4.78, 5) is 17.8. The Morgan fingerprint density at radius 2 is 2.35 bits per heavy atom. The number of nitrogens with two attached hydrogens (primary N) is 1. The summed E-state index contributed by atoms with van der Waals surface area (Å²) in [6.45, 7) is 3.93. The highest BCUT2D eigenvalue weighted by molar-refractivity contribution is 5.81. The van der Waals surface area contributed by atoms with Gasteiger partial charge in [-0.25, -0.2) is 0 Å². The molecular formula is C12H18N4O. The van der Waals surface area contributed by atoms with E-state index in [-0.39, 0.29) is 11.9 Å². The molecule has 0 aromatic carbocycles. The number of amides is 1. The van der Waals surface area contributed by atoms with Crippen LogP contribution in [0.4, 0.5) is 5.69 Å². The van der Waals surface area contributed by atoms with Gasteiger partial charge in [-0.3, -0.25) is 9.78 Å². The summed E-state index contributed by atoms with van der Waals surface area (Å²) in [5, 5.41) is 2.85. The first-order chi connectivity index (χ1) is 8.16. The van der Waals surface area contributed by atoms with E-state index in [1.54, 1.807) is 6.20 Å². The van der Waals surface area contributed by atoms with Gasteiger partial charge in [0.15, 0.2) is 0 Å². The summed E-state index contributed by atoms with van der Waals surface area (Å²) in [5.41, 5.74) is 7.60. The Labute approximate surface area is 101 Å². The van der Waals surface area contributed by atoms with E-state index in [2.05, 4.69) is 10.3 Å². The highest BCUT2D eigenvalue weighted by Crippen LogP contribution is 2.16. The van der Waals surface area contributed by atoms with Crippen LogP contribution in [0.1, 0.15) is 25.1 Å². The number of carbonyl (C=O) groups is 1. The number of pyridine rings is 1. The molecule has 2 rings (SSSR count). The molecule has 0 spiro atoms. The highest BCUT2D eigenvalue weighted by Gasteiger charge is 2.15. The van der Waals surface area contributed by atoms with Gasteiger partial charge in [-0.05, 0) is 25.5 Å². The SMILES string of the molecule is C[C@H](N)c1ccc(N2CCCNC(=O)C2)cn1. The lowest BCUT2D eigenvalue weighted by Gasteiger charge is -2.21. The van der Waals surface area contributed by atoms with Crippen molar-refractivity contribution in [3.63, 3.8) is 0 Å². The summed E-state index contributed by atoms with van der Waals surface area (Å²) in [5.74, 6) is 0.0683. The van der Waals surface area contributed by atoms with Crippen molar-refractivity contribution in [2.24, 2.45) is 5.73 Å². The molecule has 17 heavy (non-hydrogen) atoms. The molecule has 1 amide bonds. The van der Waals surface area contributed by atoms with Crippen molar-refractivity contribution < 1.29 is 4.79 Å². The number of hydrogen-bond acceptors (Lipinski definition) is 4. The Bertz CT molecular complexity index is 388. The second kappa shape index (κ2) is 5.14. The molecule has 1 aliphatic heterocycles. The van der Waals surface area contributed by atoms with Crippen molar-refractivity contribution in [1.82, 2.24) is 10.3 Å². The molecule has 2 heterocycles. The average molecular weight is 234 g/mol. The van der Waals surface area contributed by atoms with E-state index in [9.17, 15) is 4.79 Å².